The van der Waals surface area contributed by atoms with Gasteiger partial charge >= 0.3 is 0 Å². The van der Waals surface area contributed by atoms with Crippen molar-refractivity contribution in [2.45, 2.75) is 11.8 Å². The molecular weight excluding hydrogens is 388 g/mol. The lowest BCUT2D eigenvalue weighted by Gasteiger charge is -2.16. The number of nitrogens with one attached hydrogen (secondary N) is 1. The summed E-state index contributed by atoms with van der Waals surface area (Å²) in [4.78, 5) is 17.3. The molecule has 1 N–H and O–H groups in total. The first-order valence-electron chi connectivity index (χ1n) is 9.03. The molecule has 2 heterocycles. The molecule has 0 aliphatic heterocycles. The Labute approximate surface area is 172 Å². The van der Waals surface area contributed by atoms with E-state index >= 15 is 0 Å². The van der Waals surface area contributed by atoms with Crippen LogP contribution in [0.1, 0.15) is 5.56 Å². The van der Waals surface area contributed by atoms with E-state index in [-0.39, 0.29) is 11.7 Å². The number of fused-ring (bicyclic) bond motifs is 1. The number of nitrogens with zero attached hydrogens (tertiary/aromatic N) is 3. The Bertz CT molecular complexity index is 1120. The fourth-order valence-electron chi connectivity index (χ4n) is 2.95. The Morgan fingerprint density at radius 3 is 2.76 bits per heavy atom. The van der Waals surface area contributed by atoms with Crippen molar-refractivity contribution in [3.8, 4) is 17.2 Å². The Morgan fingerprint density at radius 1 is 1.17 bits per heavy atom. The molecule has 0 spiro atoms. The number of hydrogen-bond acceptors (Lipinski definition) is 6. The molecule has 0 fully saturated rings. The zero-order valence-corrected chi connectivity index (χ0v) is 16.9. The van der Waals surface area contributed by atoms with E-state index < -0.39 is 0 Å². The van der Waals surface area contributed by atoms with Gasteiger partial charge in [0.2, 0.25) is 5.91 Å². The Balaban J connectivity index is 1.36. The average Bonchev–Trinajstić information content (AvgIpc) is 3.39. The van der Waals surface area contributed by atoms with Crippen molar-refractivity contribution in [2.24, 2.45) is 0 Å². The molecule has 4 aromatic rings. The van der Waals surface area contributed by atoms with E-state index in [0.29, 0.717) is 17.7 Å². The largest absolute Gasteiger partial charge is 0.497 e. The summed E-state index contributed by atoms with van der Waals surface area (Å²) >= 11 is 1.24. The van der Waals surface area contributed by atoms with Gasteiger partial charge in [0.25, 0.3) is 11.1 Å². The highest BCUT2D eigenvalue weighted by molar-refractivity contribution is 7.99. The summed E-state index contributed by atoms with van der Waals surface area (Å²) in [7, 11) is 3.40. The lowest BCUT2D eigenvalue weighted by molar-refractivity contribution is -0.127. The number of aromatic amines is 1. The van der Waals surface area contributed by atoms with Crippen LogP contribution in [0.5, 0.6) is 5.75 Å². The number of para-hydroxylation sites is 1. The van der Waals surface area contributed by atoms with Crippen molar-refractivity contribution in [3.63, 3.8) is 0 Å². The maximum atomic E-state index is 12.4. The van der Waals surface area contributed by atoms with E-state index in [9.17, 15) is 4.79 Å². The molecule has 2 aromatic carbocycles. The predicted molar refractivity (Wildman–Crippen MR) is 112 cm³/mol. The predicted octanol–water partition coefficient (Wildman–Crippen LogP) is 3.98. The summed E-state index contributed by atoms with van der Waals surface area (Å²) in [6.45, 7) is 0.522. The zero-order chi connectivity index (χ0) is 20.2. The van der Waals surface area contributed by atoms with Gasteiger partial charge in [-0.15, -0.1) is 10.2 Å². The Morgan fingerprint density at radius 2 is 1.97 bits per heavy atom. The minimum absolute atomic E-state index is 0.0161. The number of aromatic nitrogens is 3. The number of ether oxygens (including phenoxy) is 1. The number of methoxy groups -OCH3 is 1. The standard InChI is InChI=1S/C21H20N4O3S/c1-25(12-14-7-9-15(27-2)10-8-14)19(26)13-29-21-24-23-20(28-21)17-11-22-18-6-4-3-5-16(17)18/h3-11,22H,12-13H2,1-2H3. The summed E-state index contributed by atoms with van der Waals surface area (Å²) < 4.78 is 10.9. The minimum atomic E-state index is -0.0161. The van der Waals surface area contributed by atoms with Gasteiger partial charge in [-0.05, 0) is 23.8 Å². The van der Waals surface area contributed by atoms with Crippen molar-refractivity contribution < 1.29 is 13.9 Å². The summed E-state index contributed by atoms with van der Waals surface area (Å²) in [5.74, 6) is 1.43. The number of H-pyrrole nitrogens is 1. The highest BCUT2D eigenvalue weighted by Gasteiger charge is 2.16. The molecule has 29 heavy (non-hydrogen) atoms. The zero-order valence-electron chi connectivity index (χ0n) is 16.1. The Hall–Kier alpha value is -3.26. The fourth-order valence-corrected chi connectivity index (χ4v) is 3.66. The maximum absolute atomic E-state index is 12.4. The van der Waals surface area contributed by atoms with Crippen LogP contribution in [0, 0.1) is 0 Å². The van der Waals surface area contributed by atoms with E-state index in [1.807, 2.05) is 54.7 Å². The third-order valence-electron chi connectivity index (χ3n) is 4.55. The van der Waals surface area contributed by atoms with E-state index in [1.165, 1.54) is 11.8 Å². The van der Waals surface area contributed by atoms with Crippen molar-refractivity contribution in [2.75, 3.05) is 19.9 Å². The van der Waals surface area contributed by atoms with Gasteiger partial charge in [-0.2, -0.15) is 0 Å². The first kappa shape index (κ1) is 19.1. The molecule has 0 unspecified atom stereocenters. The number of hydrogen-bond donors (Lipinski definition) is 1. The minimum Gasteiger partial charge on any atom is -0.497 e. The molecule has 1 amide bonds. The molecule has 0 saturated heterocycles. The topological polar surface area (TPSA) is 84.2 Å². The van der Waals surface area contributed by atoms with Crippen LogP contribution in [-0.4, -0.2) is 45.9 Å². The Kier molecular flexibility index (Phi) is 5.53. The molecule has 0 radical (unpaired) electrons. The van der Waals surface area contributed by atoms with Gasteiger partial charge in [-0.25, -0.2) is 0 Å². The third kappa shape index (κ3) is 4.27. The molecule has 8 heteroatoms. The summed E-state index contributed by atoms with van der Waals surface area (Å²) in [5.41, 5.74) is 2.89. The lowest BCUT2D eigenvalue weighted by atomic mass is 10.2. The van der Waals surface area contributed by atoms with Crippen LogP contribution >= 0.6 is 11.8 Å². The normalized spacial score (nSPS) is 11.0. The second-order valence-electron chi connectivity index (χ2n) is 6.51. The SMILES string of the molecule is COc1ccc(CN(C)C(=O)CSc2nnc(-c3c[nH]c4ccccc34)o2)cc1. The quantitative estimate of drug-likeness (QED) is 0.466. The molecule has 148 valence electrons. The number of carbonyl (C=O) groups is 1. The second kappa shape index (κ2) is 8.40. The highest BCUT2D eigenvalue weighted by Crippen LogP contribution is 2.29. The van der Waals surface area contributed by atoms with Crippen molar-refractivity contribution in [1.82, 2.24) is 20.1 Å². The van der Waals surface area contributed by atoms with Gasteiger partial charge in [-0.3, -0.25) is 4.79 Å². The lowest BCUT2D eigenvalue weighted by Crippen LogP contribution is -2.27. The molecule has 0 aliphatic rings. The average molecular weight is 408 g/mol. The van der Waals surface area contributed by atoms with Crippen molar-refractivity contribution in [1.29, 1.82) is 0 Å². The maximum Gasteiger partial charge on any atom is 0.277 e. The number of thioether (sulfide) groups is 1. The van der Waals surface area contributed by atoms with Gasteiger partial charge < -0.3 is 19.0 Å². The van der Waals surface area contributed by atoms with Crippen LogP contribution in [0.15, 0.2) is 64.4 Å². The summed E-state index contributed by atoms with van der Waals surface area (Å²) in [6.07, 6.45) is 1.85. The molecular formula is C21H20N4O3S. The molecule has 0 aliphatic carbocycles. The molecule has 4 rings (SSSR count). The highest BCUT2D eigenvalue weighted by atomic mass is 32.2. The number of rotatable bonds is 7. The second-order valence-corrected chi connectivity index (χ2v) is 7.43. The summed E-state index contributed by atoms with van der Waals surface area (Å²) in [6, 6.07) is 15.6. The fraction of sp³-hybridized carbons (Fsp3) is 0.190. The van der Waals surface area contributed by atoms with Crippen LogP contribution in [0.4, 0.5) is 0 Å². The number of benzene rings is 2. The van der Waals surface area contributed by atoms with Gasteiger partial charge in [0.05, 0.1) is 18.4 Å². The molecule has 2 aromatic heterocycles. The van der Waals surface area contributed by atoms with Gasteiger partial charge in [-0.1, -0.05) is 42.1 Å². The van der Waals surface area contributed by atoms with Crippen LogP contribution in [0.3, 0.4) is 0 Å². The molecule has 0 bridgehead atoms. The number of amides is 1. The van der Waals surface area contributed by atoms with Gasteiger partial charge in [0, 0.05) is 30.7 Å². The van der Waals surface area contributed by atoms with Gasteiger partial charge in [0.1, 0.15) is 5.75 Å². The molecule has 7 nitrogen and oxygen atoms in total. The smallest absolute Gasteiger partial charge is 0.277 e. The summed E-state index contributed by atoms with van der Waals surface area (Å²) in [5, 5.41) is 9.57. The van der Waals surface area contributed by atoms with Crippen LogP contribution < -0.4 is 4.74 Å². The van der Waals surface area contributed by atoms with Crippen LogP contribution in [0.25, 0.3) is 22.4 Å². The van der Waals surface area contributed by atoms with Gasteiger partial charge in [0.15, 0.2) is 0 Å². The van der Waals surface area contributed by atoms with E-state index in [1.54, 1.807) is 19.1 Å². The first-order valence-corrected chi connectivity index (χ1v) is 10.0. The first-order chi connectivity index (χ1) is 14.1. The van der Waals surface area contributed by atoms with Crippen LogP contribution in [-0.2, 0) is 11.3 Å². The molecule has 0 atom stereocenters. The van der Waals surface area contributed by atoms with E-state index in [0.717, 1.165) is 27.8 Å². The van der Waals surface area contributed by atoms with Crippen molar-refractivity contribution in [3.05, 3.63) is 60.3 Å². The van der Waals surface area contributed by atoms with E-state index in [2.05, 4.69) is 15.2 Å². The number of carbonyl (C=O) groups excluding carboxylic acids is 1. The monoisotopic (exact) mass is 408 g/mol. The van der Waals surface area contributed by atoms with E-state index in [4.69, 9.17) is 9.15 Å². The molecule has 0 saturated carbocycles. The third-order valence-corrected chi connectivity index (χ3v) is 5.35. The van der Waals surface area contributed by atoms with Crippen molar-refractivity contribution >= 4 is 28.6 Å². The van der Waals surface area contributed by atoms with Crippen LogP contribution in [0.2, 0.25) is 0 Å².